The van der Waals surface area contributed by atoms with E-state index in [1.165, 1.54) is 5.56 Å². The third kappa shape index (κ3) is 5.26. The van der Waals surface area contributed by atoms with Gasteiger partial charge in [-0.15, -0.1) is 0 Å². The standard InChI is InChI=1S/C16H24OS/c1-12(2)18-11-15(17)10-13-6-8-14(9-7-13)16(3,4)5/h6-9,12H,10-11H2,1-5H3. The number of Topliss-reactive ketones (excluding diaryl/α,β-unsaturated/α-hetero) is 1. The number of benzene rings is 1. The van der Waals surface area contributed by atoms with Gasteiger partial charge in [-0.05, 0) is 21.8 Å². The van der Waals surface area contributed by atoms with E-state index in [2.05, 4.69) is 58.9 Å². The van der Waals surface area contributed by atoms with Crippen molar-refractivity contribution in [3.63, 3.8) is 0 Å². The summed E-state index contributed by atoms with van der Waals surface area (Å²) in [6.07, 6.45) is 0.560. The molecule has 0 amide bonds. The maximum absolute atomic E-state index is 11.8. The van der Waals surface area contributed by atoms with E-state index >= 15 is 0 Å². The second kappa shape index (κ2) is 6.42. The third-order valence-corrected chi connectivity index (χ3v) is 3.95. The molecule has 1 nitrogen and oxygen atoms in total. The van der Waals surface area contributed by atoms with Crippen LogP contribution in [0.25, 0.3) is 0 Å². The number of rotatable bonds is 5. The first kappa shape index (κ1) is 15.3. The van der Waals surface area contributed by atoms with E-state index < -0.39 is 0 Å². The second-order valence-electron chi connectivity index (χ2n) is 6.02. The van der Waals surface area contributed by atoms with Crippen LogP contribution < -0.4 is 0 Å². The smallest absolute Gasteiger partial charge is 0.147 e. The van der Waals surface area contributed by atoms with Crippen LogP contribution in [0.5, 0.6) is 0 Å². The number of ketones is 1. The van der Waals surface area contributed by atoms with Crippen molar-refractivity contribution in [3.8, 4) is 0 Å². The predicted molar refractivity (Wildman–Crippen MR) is 81.4 cm³/mol. The highest BCUT2D eigenvalue weighted by molar-refractivity contribution is 8.00. The molecule has 0 aromatic heterocycles. The topological polar surface area (TPSA) is 17.1 Å². The highest BCUT2D eigenvalue weighted by atomic mass is 32.2. The van der Waals surface area contributed by atoms with Gasteiger partial charge in [-0.1, -0.05) is 58.9 Å². The van der Waals surface area contributed by atoms with Crippen LogP contribution in [0.3, 0.4) is 0 Å². The van der Waals surface area contributed by atoms with Gasteiger partial charge in [-0.2, -0.15) is 11.8 Å². The zero-order valence-electron chi connectivity index (χ0n) is 12.1. The SMILES string of the molecule is CC(C)SCC(=O)Cc1ccc(C(C)(C)C)cc1. The van der Waals surface area contributed by atoms with Crippen LogP contribution in [-0.4, -0.2) is 16.8 Å². The minimum absolute atomic E-state index is 0.177. The predicted octanol–water partition coefficient (Wildman–Crippen LogP) is 4.24. The van der Waals surface area contributed by atoms with Gasteiger partial charge in [0.25, 0.3) is 0 Å². The molecule has 0 aliphatic heterocycles. The average molecular weight is 264 g/mol. The van der Waals surface area contributed by atoms with Crippen LogP contribution in [0, 0.1) is 0 Å². The third-order valence-electron chi connectivity index (χ3n) is 2.80. The zero-order valence-corrected chi connectivity index (χ0v) is 12.9. The van der Waals surface area contributed by atoms with Gasteiger partial charge >= 0.3 is 0 Å². The molecule has 0 saturated carbocycles. The Morgan fingerprint density at radius 3 is 2.17 bits per heavy atom. The number of carbonyl (C=O) groups is 1. The molecule has 0 N–H and O–H groups in total. The fourth-order valence-electron chi connectivity index (χ4n) is 1.66. The first-order valence-electron chi connectivity index (χ1n) is 6.52. The molecule has 0 atom stereocenters. The summed E-state index contributed by atoms with van der Waals surface area (Å²) in [4.78, 5) is 11.8. The molecule has 1 aromatic carbocycles. The van der Waals surface area contributed by atoms with E-state index in [4.69, 9.17) is 0 Å². The minimum atomic E-state index is 0.177. The molecule has 100 valence electrons. The van der Waals surface area contributed by atoms with E-state index in [-0.39, 0.29) is 5.41 Å². The highest BCUT2D eigenvalue weighted by Gasteiger charge is 2.13. The van der Waals surface area contributed by atoms with E-state index in [9.17, 15) is 4.79 Å². The van der Waals surface area contributed by atoms with Crippen LogP contribution in [-0.2, 0) is 16.6 Å². The first-order chi connectivity index (χ1) is 8.29. The molecule has 18 heavy (non-hydrogen) atoms. The first-order valence-corrected chi connectivity index (χ1v) is 7.56. The average Bonchev–Trinajstić information content (AvgIpc) is 2.26. The fraction of sp³-hybridized carbons (Fsp3) is 0.562. The number of carbonyl (C=O) groups excluding carboxylic acids is 1. The van der Waals surface area contributed by atoms with Crippen molar-refractivity contribution in [3.05, 3.63) is 35.4 Å². The molecule has 1 rings (SSSR count). The van der Waals surface area contributed by atoms with Crippen LogP contribution in [0.1, 0.15) is 45.7 Å². The Morgan fingerprint density at radius 1 is 1.17 bits per heavy atom. The summed E-state index contributed by atoms with van der Waals surface area (Å²) in [6, 6.07) is 8.44. The fourth-order valence-corrected chi connectivity index (χ4v) is 2.28. The Morgan fingerprint density at radius 2 is 1.72 bits per heavy atom. The van der Waals surface area contributed by atoms with Gasteiger partial charge in [-0.3, -0.25) is 4.79 Å². The van der Waals surface area contributed by atoms with E-state index in [0.29, 0.717) is 23.2 Å². The molecule has 0 saturated heterocycles. The summed E-state index contributed by atoms with van der Waals surface area (Å²) in [5.74, 6) is 0.941. The lowest BCUT2D eigenvalue weighted by Crippen LogP contribution is -2.11. The van der Waals surface area contributed by atoms with Gasteiger partial charge in [0.2, 0.25) is 0 Å². The van der Waals surface area contributed by atoms with Crippen molar-refractivity contribution in [2.45, 2.75) is 51.7 Å². The molecule has 0 bridgehead atoms. The van der Waals surface area contributed by atoms with Crippen molar-refractivity contribution in [1.82, 2.24) is 0 Å². The highest BCUT2D eigenvalue weighted by Crippen LogP contribution is 2.22. The van der Waals surface area contributed by atoms with E-state index in [0.717, 1.165) is 5.56 Å². The monoisotopic (exact) mass is 264 g/mol. The summed E-state index contributed by atoms with van der Waals surface area (Å²) in [7, 11) is 0. The Hall–Kier alpha value is -0.760. The van der Waals surface area contributed by atoms with Crippen molar-refractivity contribution in [2.75, 3.05) is 5.75 Å². The summed E-state index contributed by atoms with van der Waals surface area (Å²) in [6.45, 7) is 10.8. The van der Waals surface area contributed by atoms with Gasteiger partial charge in [0, 0.05) is 6.42 Å². The second-order valence-corrected chi connectivity index (χ2v) is 7.59. The van der Waals surface area contributed by atoms with Gasteiger partial charge in [0.1, 0.15) is 5.78 Å². The van der Waals surface area contributed by atoms with E-state index in [1.807, 2.05) is 0 Å². The Kier molecular flexibility index (Phi) is 5.46. The van der Waals surface area contributed by atoms with Gasteiger partial charge < -0.3 is 0 Å². The quantitative estimate of drug-likeness (QED) is 0.791. The maximum atomic E-state index is 11.8. The molecule has 1 aromatic rings. The Bertz CT molecular complexity index is 385. The zero-order chi connectivity index (χ0) is 13.8. The minimum Gasteiger partial charge on any atom is -0.298 e. The summed E-state index contributed by atoms with van der Waals surface area (Å²) >= 11 is 1.72. The van der Waals surface area contributed by atoms with Crippen LogP contribution in [0.4, 0.5) is 0 Å². The Labute approximate surface area is 115 Å². The van der Waals surface area contributed by atoms with Crippen molar-refractivity contribution in [2.24, 2.45) is 0 Å². The molecule has 0 heterocycles. The lowest BCUT2D eigenvalue weighted by atomic mass is 9.86. The lowest BCUT2D eigenvalue weighted by Gasteiger charge is -2.19. The summed E-state index contributed by atoms with van der Waals surface area (Å²) < 4.78 is 0. The largest absolute Gasteiger partial charge is 0.298 e. The summed E-state index contributed by atoms with van der Waals surface area (Å²) in [5, 5.41) is 0.525. The summed E-state index contributed by atoms with van der Waals surface area (Å²) in [5.41, 5.74) is 2.61. The maximum Gasteiger partial charge on any atom is 0.147 e. The van der Waals surface area contributed by atoms with Crippen molar-refractivity contribution in [1.29, 1.82) is 0 Å². The Balaban J connectivity index is 2.56. The van der Waals surface area contributed by atoms with Crippen LogP contribution in [0.2, 0.25) is 0 Å². The molecular formula is C16H24OS. The van der Waals surface area contributed by atoms with Crippen molar-refractivity contribution < 1.29 is 4.79 Å². The molecule has 0 unspecified atom stereocenters. The number of hydrogen-bond donors (Lipinski definition) is 0. The molecule has 0 aliphatic rings. The van der Waals surface area contributed by atoms with Gasteiger partial charge in [0.15, 0.2) is 0 Å². The molecule has 0 radical (unpaired) electrons. The normalized spacial score (nSPS) is 11.9. The van der Waals surface area contributed by atoms with Crippen molar-refractivity contribution >= 4 is 17.5 Å². The van der Waals surface area contributed by atoms with Gasteiger partial charge in [-0.25, -0.2) is 0 Å². The molecule has 2 heteroatoms. The number of hydrogen-bond acceptors (Lipinski definition) is 2. The van der Waals surface area contributed by atoms with Gasteiger partial charge in [0.05, 0.1) is 5.75 Å². The van der Waals surface area contributed by atoms with Crippen LogP contribution >= 0.6 is 11.8 Å². The lowest BCUT2D eigenvalue weighted by molar-refractivity contribution is -0.116. The molecule has 0 aliphatic carbocycles. The molecule has 0 spiro atoms. The van der Waals surface area contributed by atoms with E-state index in [1.54, 1.807) is 11.8 Å². The molecular weight excluding hydrogens is 240 g/mol. The van der Waals surface area contributed by atoms with Crippen LogP contribution in [0.15, 0.2) is 24.3 Å². The number of thioether (sulfide) groups is 1. The molecule has 0 fully saturated rings.